The molecule has 0 aliphatic carbocycles. The molecule has 1 amide bonds. The first-order valence-corrected chi connectivity index (χ1v) is 8.46. The van der Waals surface area contributed by atoms with E-state index < -0.39 is 0 Å². The maximum Gasteiger partial charge on any atom is 0.258 e. The molecule has 3 heterocycles. The van der Waals surface area contributed by atoms with E-state index in [4.69, 9.17) is 14.0 Å². The highest BCUT2D eigenvalue weighted by molar-refractivity contribution is 5.96. The molecule has 2 aromatic heterocycles. The number of carbonyl (C=O) groups excluding carboxylic acids is 1. The van der Waals surface area contributed by atoms with Crippen LogP contribution in [0, 0.1) is 0 Å². The molecular weight excluding hydrogens is 348 g/mol. The van der Waals surface area contributed by atoms with Crippen molar-refractivity contribution in [3.8, 4) is 23.0 Å². The van der Waals surface area contributed by atoms with E-state index in [0.717, 1.165) is 11.3 Å². The number of amides is 1. The van der Waals surface area contributed by atoms with E-state index in [1.165, 1.54) is 0 Å². The smallest absolute Gasteiger partial charge is 0.258 e. The van der Waals surface area contributed by atoms with Crippen LogP contribution in [0.1, 0.15) is 18.2 Å². The van der Waals surface area contributed by atoms with Crippen LogP contribution >= 0.6 is 0 Å². The fourth-order valence-corrected chi connectivity index (χ4v) is 3.14. The molecule has 0 saturated carbocycles. The minimum Gasteiger partial charge on any atom is -0.493 e. The number of carbonyl (C=O) groups is 1. The highest BCUT2D eigenvalue weighted by atomic mass is 16.5. The summed E-state index contributed by atoms with van der Waals surface area (Å²) >= 11 is 0. The van der Waals surface area contributed by atoms with Gasteiger partial charge in [0.2, 0.25) is 5.91 Å². The number of ether oxygens (including phenoxy) is 2. The van der Waals surface area contributed by atoms with Crippen LogP contribution in [0.4, 0.5) is 5.69 Å². The second kappa shape index (κ2) is 7.06. The first-order chi connectivity index (χ1) is 13.2. The van der Waals surface area contributed by atoms with E-state index in [-0.39, 0.29) is 11.8 Å². The Balaban J connectivity index is 1.55. The molecule has 0 spiro atoms. The van der Waals surface area contributed by atoms with Gasteiger partial charge in [-0.05, 0) is 24.3 Å². The molecule has 27 heavy (non-hydrogen) atoms. The van der Waals surface area contributed by atoms with Crippen molar-refractivity contribution in [3.63, 3.8) is 0 Å². The zero-order valence-corrected chi connectivity index (χ0v) is 15.0. The maximum atomic E-state index is 12.5. The van der Waals surface area contributed by atoms with Gasteiger partial charge in [-0.3, -0.25) is 9.78 Å². The van der Waals surface area contributed by atoms with Crippen molar-refractivity contribution in [3.05, 3.63) is 48.5 Å². The summed E-state index contributed by atoms with van der Waals surface area (Å²) in [5.41, 5.74) is 1.54. The molecule has 0 radical (unpaired) electrons. The van der Waals surface area contributed by atoms with Crippen molar-refractivity contribution in [2.24, 2.45) is 0 Å². The van der Waals surface area contributed by atoms with E-state index in [1.807, 2.05) is 6.07 Å². The molecule has 8 heteroatoms. The third-order valence-electron chi connectivity index (χ3n) is 4.54. The number of hydrogen-bond acceptors (Lipinski definition) is 7. The Labute approximate surface area is 155 Å². The van der Waals surface area contributed by atoms with Crippen molar-refractivity contribution < 1.29 is 18.8 Å². The standard InChI is InChI=1S/C19H18N4O4/c1-25-15-4-3-14(10-16(15)26-2)23-11-13(9-17(23)24)18-21-19(27-22-18)12-5-7-20-8-6-12/h3-8,10,13H,9,11H2,1-2H3. The van der Waals surface area contributed by atoms with Gasteiger partial charge in [0.25, 0.3) is 5.89 Å². The first kappa shape index (κ1) is 17.0. The minimum absolute atomic E-state index is 0.00230. The van der Waals surface area contributed by atoms with Crippen LogP contribution in [0.15, 0.2) is 47.2 Å². The molecule has 4 rings (SSSR count). The number of rotatable bonds is 5. The molecule has 138 valence electrons. The lowest BCUT2D eigenvalue weighted by Gasteiger charge is -2.18. The van der Waals surface area contributed by atoms with Gasteiger partial charge in [0, 0.05) is 48.6 Å². The number of hydrogen-bond donors (Lipinski definition) is 0. The Hall–Kier alpha value is -3.42. The maximum absolute atomic E-state index is 12.5. The summed E-state index contributed by atoms with van der Waals surface area (Å²) in [7, 11) is 3.14. The van der Waals surface area contributed by atoms with Gasteiger partial charge in [0.05, 0.1) is 14.2 Å². The number of anilines is 1. The van der Waals surface area contributed by atoms with Crippen molar-refractivity contribution in [1.82, 2.24) is 15.1 Å². The van der Waals surface area contributed by atoms with Gasteiger partial charge in [0.15, 0.2) is 17.3 Å². The van der Waals surface area contributed by atoms with Gasteiger partial charge in [-0.25, -0.2) is 0 Å². The Morgan fingerprint density at radius 3 is 2.63 bits per heavy atom. The minimum atomic E-state index is -0.134. The fourth-order valence-electron chi connectivity index (χ4n) is 3.14. The molecule has 1 aromatic carbocycles. The van der Waals surface area contributed by atoms with Crippen LogP contribution in [0.3, 0.4) is 0 Å². The van der Waals surface area contributed by atoms with Gasteiger partial charge in [-0.1, -0.05) is 5.16 Å². The SMILES string of the molecule is COc1ccc(N2CC(c3noc(-c4ccncc4)n3)CC2=O)cc1OC. The highest BCUT2D eigenvalue weighted by Crippen LogP contribution is 2.36. The Morgan fingerprint density at radius 2 is 1.89 bits per heavy atom. The zero-order chi connectivity index (χ0) is 18.8. The molecule has 1 aliphatic rings. The van der Waals surface area contributed by atoms with Crippen LogP contribution in [-0.4, -0.2) is 41.8 Å². The molecule has 1 aliphatic heterocycles. The number of pyridine rings is 1. The van der Waals surface area contributed by atoms with Gasteiger partial charge in [-0.15, -0.1) is 0 Å². The third-order valence-corrected chi connectivity index (χ3v) is 4.54. The summed E-state index contributed by atoms with van der Waals surface area (Å²) in [6.45, 7) is 0.476. The van der Waals surface area contributed by atoms with Gasteiger partial charge >= 0.3 is 0 Å². The van der Waals surface area contributed by atoms with Gasteiger partial charge in [0.1, 0.15) is 0 Å². The molecule has 3 aromatic rings. The second-order valence-corrected chi connectivity index (χ2v) is 6.14. The summed E-state index contributed by atoms with van der Waals surface area (Å²) in [5, 5.41) is 4.07. The van der Waals surface area contributed by atoms with Crippen LogP contribution < -0.4 is 14.4 Å². The fraction of sp³-hybridized carbons (Fsp3) is 0.263. The lowest BCUT2D eigenvalue weighted by Crippen LogP contribution is -2.24. The molecule has 8 nitrogen and oxygen atoms in total. The van der Waals surface area contributed by atoms with Gasteiger partial charge in [-0.2, -0.15) is 4.98 Å². The average Bonchev–Trinajstić information content (AvgIpc) is 3.35. The van der Waals surface area contributed by atoms with Crippen LogP contribution in [-0.2, 0) is 4.79 Å². The summed E-state index contributed by atoms with van der Waals surface area (Å²) < 4.78 is 15.9. The topological polar surface area (TPSA) is 90.6 Å². The summed E-state index contributed by atoms with van der Waals surface area (Å²) in [4.78, 5) is 22.7. The lowest BCUT2D eigenvalue weighted by atomic mass is 10.1. The lowest BCUT2D eigenvalue weighted by molar-refractivity contribution is -0.117. The zero-order valence-electron chi connectivity index (χ0n) is 15.0. The molecule has 1 saturated heterocycles. The van der Waals surface area contributed by atoms with Crippen LogP contribution in [0.2, 0.25) is 0 Å². The predicted octanol–water partition coefficient (Wildman–Crippen LogP) is 2.67. The number of methoxy groups -OCH3 is 2. The molecule has 1 atom stereocenters. The molecular formula is C19H18N4O4. The van der Waals surface area contributed by atoms with Crippen LogP contribution in [0.25, 0.3) is 11.5 Å². The van der Waals surface area contributed by atoms with Crippen molar-refractivity contribution in [1.29, 1.82) is 0 Å². The molecule has 1 fully saturated rings. The highest BCUT2D eigenvalue weighted by Gasteiger charge is 2.35. The monoisotopic (exact) mass is 366 g/mol. The van der Waals surface area contributed by atoms with Crippen molar-refractivity contribution >= 4 is 11.6 Å². The van der Waals surface area contributed by atoms with Gasteiger partial charge < -0.3 is 18.9 Å². The number of aromatic nitrogens is 3. The van der Waals surface area contributed by atoms with E-state index in [1.54, 1.807) is 55.8 Å². The summed E-state index contributed by atoms with van der Waals surface area (Å²) in [6, 6.07) is 9.00. The Morgan fingerprint density at radius 1 is 1.11 bits per heavy atom. The first-order valence-electron chi connectivity index (χ1n) is 8.46. The third kappa shape index (κ3) is 3.21. The average molecular weight is 366 g/mol. The van der Waals surface area contributed by atoms with Crippen molar-refractivity contribution in [2.75, 3.05) is 25.7 Å². The molecule has 0 N–H and O–H groups in total. The van der Waals surface area contributed by atoms with E-state index in [0.29, 0.717) is 36.2 Å². The number of nitrogens with zero attached hydrogens (tertiary/aromatic N) is 4. The van der Waals surface area contributed by atoms with E-state index >= 15 is 0 Å². The van der Waals surface area contributed by atoms with E-state index in [2.05, 4.69) is 15.1 Å². The number of benzene rings is 1. The normalized spacial score (nSPS) is 16.6. The van der Waals surface area contributed by atoms with E-state index in [9.17, 15) is 4.79 Å². The largest absolute Gasteiger partial charge is 0.493 e. The quantitative estimate of drug-likeness (QED) is 0.685. The Bertz CT molecular complexity index is 957. The second-order valence-electron chi connectivity index (χ2n) is 6.14. The molecule has 0 bridgehead atoms. The predicted molar refractivity (Wildman–Crippen MR) is 96.8 cm³/mol. The van der Waals surface area contributed by atoms with Crippen molar-refractivity contribution in [2.45, 2.75) is 12.3 Å². The summed E-state index contributed by atoms with van der Waals surface area (Å²) in [5.74, 6) is 2.00. The van der Waals surface area contributed by atoms with Crippen LogP contribution in [0.5, 0.6) is 11.5 Å². The summed E-state index contributed by atoms with van der Waals surface area (Å²) in [6.07, 6.45) is 3.65. The Kier molecular flexibility index (Phi) is 4.45. The molecule has 1 unspecified atom stereocenters.